The number of benzene rings is 2. The van der Waals surface area contributed by atoms with E-state index in [0.29, 0.717) is 0 Å². The van der Waals surface area contributed by atoms with Gasteiger partial charge in [-0.1, -0.05) is 86.3 Å². The average Bonchev–Trinajstić information content (AvgIpc) is 2.76. The van der Waals surface area contributed by atoms with Gasteiger partial charge in [0.2, 0.25) is 0 Å². The number of rotatable bonds is 9. The van der Waals surface area contributed by atoms with Gasteiger partial charge in [-0.15, -0.1) is 0 Å². The third-order valence-corrected chi connectivity index (χ3v) is 4.46. The zero-order chi connectivity index (χ0) is 21.1. The van der Waals surface area contributed by atoms with Crippen molar-refractivity contribution in [3.63, 3.8) is 0 Å². The number of amides is 1. The molecule has 2 rings (SSSR count). The van der Waals surface area contributed by atoms with Crippen LogP contribution in [0.4, 0.5) is 4.79 Å². The van der Waals surface area contributed by atoms with Crippen LogP contribution in [0.3, 0.4) is 0 Å². The first-order valence-corrected chi connectivity index (χ1v) is 9.48. The summed E-state index contributed by atoms with van der Waals surface area (Å²) in [5.74, 6) is -0.380. The van der Waals surface area contributed by atoms with Crippen LogP contribution < -0.4 is 5.32 Å². The predicted octanol–water partition coefficient (Wildman–Crippen LogP) is 5.06. The Kier molecular flexibility index (Phi) is 8.70. The summed E-state index contributed by atoms with van der Waals surface area (Å²) in [5, 5.41) is 2.90. The Labute approximate surface area is 172 Å². The summed E-state index contributed by atoms with van der Waals surface area (Å²) in [6.45, 7) is 5.66. The van der Waals surface area contributed by atoms with E-state index in [-0.39, 0.29) is 31.0 Å². The van der Waals surface area contributed by atoms with Gasteiger partial charge in [0, 0.05) is 0 Å². The van der Waals surface area contributed by atoms with Crippen molar-refractivity contribution in [3.8, 4) is 11.1 Å². The van der Waals surface area contributed by atoms with E-state index in [1.165, 1.54) is 13.2 Å². The quantitative estimate of drug-likeness (QED) is 0.478. The molecule has 2 atom stereocenters. The highest BCUT2D eigenvalue weighted by molar-refractivity contribution is 5.71. The fourth-order valence-corrected chi connectivity index (χ4v) is 2.91. The lowest BCUT2D eigenvalue weighted by Crippen LogP contribution is -2.32. The van der Waals surface area contributed by atoms with Crippen molar-refractivity contribution in [1.82, 2.24) is 5.32 Å². The van der Waals surface area contributed by atoms with Crippen LogP contribution in [0, 0.1) is 5.92 Å². The molecule has 0 aliphatic carbocycles. The second-order valence-electron chi connectivity index (χ2n) is 6.56. The summed E-state index contributed by atoms with van der Waals surface area (Å²) < 4.78 is 9.73. The molecule has 29 heavy (non-hydrogen) atoms. The summed E-state index contributed by atoms with van der Waals surface area (Å²) in [4.78, 5) is 23.5. The average molecular weight is 393 g/mol. The monoisotopic (exact) mass is 393 g/mol. The number of methoxy groups -OCH3 is 1. The Morgan fingerprint density at radius 1 is 1.07 bits per heavy atom. The van der Waals surface area contributed by atoms with Crippen molar-refractivity contribution in [2.45, 2.75) is 19.4 Å². The minimum atomic E-state index is -0.518. The molecule has 0 saturated heterocycles. The molecule has 0 radical (unpaired) electrons. The number of nitrogens with one attached hydrogen (secondary N) is 1. The molecule has 1 N–H and O–H groups in total. The number of hydrogen-bond donors (Lipinski definition) is 1. The molecule has 0 heterocycles. The molecule has 0 unspecified atom stereocenters. The van der Waals surface area contributed by atoms with Crippen LogP contribution in [0.15, 0.2) is 79.4 Å². The third-order valence-electron chi connectivity index (χ3n) is 4.46. The van der Waals surface area contributed by atoms with E-state index in [0.717, 1.165) is 16.7 Å². The molecular formula is C24H27NO4. The van der Waals surface area contributed by atoms with Crippen molar-refractivity contribution >= 4 is 12.1 Å². The number of esters is 1. The molecule has 0 aromatic heterocycles. The van der Waals surface area contributed by atoms with Crippen molar-refractivity contribution in [1.29, 1.82) is 0 Å². The lowest BCUT2D eigenvalue weighted by Gasteiger charge is -2.23. The van der Waals surface area contributed by atoms with Gasteiger partial charge in [-0.05, 0) is 22.6 Å². The highest BCUT2D eigenvalue weighted by Gasteiger charge is 2.20. The maximum absolute atomic E-state index is 12.1. The number of ether oxygens (including phenoxy) is 2. The molecule has 0 fully saturated rings. The largest absolute Gasteiger partial charge is 0.469 e. The van der Waals surface area contributed by atoms with Crippen molar-refractivity contribution in [2.24, 2.45) is 5.92 Å². The summed E-state index contributed by atoms with van der Waals surface area (Å²) in [7, 11) is 1.36. The molecule has 0 spiro atoms. The molecule has 2 aromatic rings. The number of hydrogen-bond acceptors (Lipinski definition) is 4. The Balaban J connectivity index is 2.20. The first-order chi connectivity index (χ1) is 14.0. The lowest BCUT2D eigenvalue weighted by molar-refractivity contribution is -0.139. The molecule has 0 saturated carbocycles. The van der Waals surface area contributed by atoms with Gasteiger partial charge in [0.25, 0.3) is 0 Å². The normalized spacial score (nSPS) is 12.8. The van der Waals surface area contributed by atoms with E-state index >= 15 is 0 Å². The van der Waals surface area contributed by atoms with Gasteiger partial charge in [-0.25, -0.2) is 4.79 Å². The molecule has 0 aliphatic rings. The van der Waals surface area contributed by atoms with Gasteiger partial charge in [0.15, 0.2) is 0 Å². The smallest absolute Gasteiger partial charge is 0.407 e. The fraction of sp³-hybridized carbons (Fsp3) is 0.250. The van der Waals surface area contributed by atoms with Gasteiger partial charge >= 0.3 is 12.1 Å². The Bertz CT molecular complexity index is 828. The van der Waals surface area contributed by atoms with E-state index in [9.17, 15) is 9.59 Å². The van der Waals surface area contributed by atoms with Gasteiger partial charge in [0.05, 0.1) is 19.6 Å². The minimum Gasteiger partial charge on any atom is -0.469 e. The summed E-state index contributed by atoms with van der Waals surface area (Å²) in [6, 6.07) is 17.8. The van der Waals surface area contributed by atoms with Crippen LogP contribution in [0.5, 0.6) is 0 Å². The number of alkyl carbamates (subject to hydrolysis) is 1. The second kappa shape index (κ2) is 11.5. The van der Waals surface area contributed by atoms with Crippen LogP contribution >= 0.6 is 0 Å². The van der Waals surface area contributed by atoms with Gasteiger partial charge in [-0.2, -0.15) is 0 Å². The van der Waals surface area contributed by atoms with E-state index < -0.39 is 6.09 Å². The van der Waals surface area contributed by atoms with Crippen LogP contribution in [-0.4, -0.2) is 25.8 Å². The Morgan fingerprint density at radius 3 is 2.34 bits per heavy atom. The zero-order valence-electron chi connectivity index (χ0n) is 16.8. The summed E-state index contributed by atoms with van der Waals surface area (Å²) in [6.07, 6.45) is 4.82. The second-order valence-corrected chi connectivity index (χ2v) is 6.56. The van der Waals surface area contributed by atoms with E-state index in [4.69, 9.17) is 4.74 Å². The first kappa shape index (κ1) is 22.0. The molecule has 152 valence electrons. The standard InChI is InChI=1S/C24H27NO4/c1-4-17-29-24(27)25-23(18(2)9-8-12-22(26)28-3)21-15-13-20(14-16-21)19-10-6-5-7-11-19/h4-11,13-16,18,23H,1,12,17H2,2-3H3,(H,25,27)/t18-,23+/m1/s1. The van der Waals surface area contributed by atoms with E-state index in [2.05, 4.69) is 28.8 Å². The fourth-order valence-electron chi connectivity index (χ4n) is 2.91. The maximum Gasteiger partial charge on any atom is 0.407 e. The van der Waals surface area contributed by atoms with Crippen molar-refractivity contribution < 1.29 is 19.1 Å². The third kappa shape index (κ3) is 6.96. The van der Waals surface area contributed by atoms with Crippen LogP contribution in [-0.2, 0) is 14.3 Å². The molecule has 0 bridgehead atoms. The number of carbonyl (C=O) groups is 2. The summed E-state index contributed by atoms with van der Waals surface area (Å²) in [5.41, 5.74) is 3.16. The molecule has 2 aromatic carbocycles. The SMILES string of the molecule is C=CCOC(=O)N[C@H](c1ccc(-c2ccccc2)cc1)[C@H](C)C=CCC(=O)OC. The molecule has 5 heteroatoms. The number of carbonyl (C=O) groups excluding carboxylic acids is 2. The molecule has 1 amide bonds. The maximum atomic E-state index is 12.1. The van der Waals surface area contributed by atoms with Crippen molar-refractivity contribution in [2.75, 3.05) is 13.7 Å². The Hall–Kier alpha value is -3.34. The predicted molar refractivity (Wildman–Crippen MR) is 114 cm³/mol. The van der Waals surface area contributed by atoms with Crippen molar-refractivity contribution in [3.05, 3.63) is 85.0 Å². The lowest BCUT2D eigenvalue weighted by atomic mass is 9.92. The van der Waals surface area contributed by atoms with Gasteiger partial charge < -0.3 is 14.8 Å². The van der Waals surface area contributed by atoms with Crippen LogP contribution in [0.25, 0.3) is 11.1 Å². The Morgan fingerprint density at radius 2 is 1.72 bits per heavy atom. The van der Waals surface area contributed by atoms with Crippen LogP contribution in [0.1, 0.15) is 24.9 Å². The topological polar surface area (TPSA) is 64.6 Å². The van der Waals surface area contributed by atoms with E-state index in [1.807, 2.05) is 55.5 Å². The van der Waals surface area contributed by atoms with Gasteiger partial charge in [0.1, 0.15) is 6.61 Å². The molecule has 5 nitrogen and oxygen atoms in total. The summed E-state index contributed by atoms with van der Waals surface area (Å²) >= 11 is 0. The van der Waals surface area contributed by atoms with Crippen LogP contribution in [0.2, 0.25) is 0 Å². The highest BCUT2D eigenvalue weighted by atomic mass is 16.5. The molecular weight excluding hydrogens is 366 g/mol. The molecule has 0 aliphatic heterocycles. The zero-order valence-corrected chi connectivity index (χ0v) is 16.8. The highest BCUT2D eigenvalue weighted by Crippen LogP contribution is 2.27. The first-order valence-electron chi connectivity index (χ1n) is 9.48. The van der Waals surface area contributed by atoms with Gasteiger partial charge in [-0.3, -0.25) is 4.79 Å². The minimum absolute atomic E-state index is 0.0708. The van der Waals surface area contributed by atoms with E-state index in [1.54, 1.807) is 6.08 Å².